The van der Waals surface area contributed by atoms with Gasteiger partial charge in [-0.1, -0.05) is 30.3 Å². The number of benzene rings is 3. The molecule has 1 aromatic heterocycles. The first-order valence-electron chi connectivity index (χ1n) is 8.41. The lowest BCUT2D eigenvalue weighted by Gasteiger charge is -2.14. The normalized spacial score (nSPS) is 10.9. The molecule has 0 fully saturated rings. The number of hydrogen-bond donors (Lipinski definition) is 1. The average molecular weight is 359 g/mol. The highest BCUT2D eigenvalue weighted by atomic mass is 16.5. The summed E-state index contributed by atoms with van der Waals surface area (Å²) in [5.74, 6) is 0.390. The van der Waals surface area contributed by atoms with E-state index < -0.39 is 5.97 Å². The molecule has 5 heteroatoms. The van der Waals surface area contributed by atoms with Crippen LogP contribution in [0.1, 0.15) is 10.4 Å². The van der Waals surface area contributed by atoms with Gasteiger partial charge in [0.05, 0.1) is 36.4 Å². The Kier molecular flexibility index (Phi) is 4.12. The van der Waals surface area contributed by atoms with Gasteiger partial charge in [0, 0.05) is 10.9 Å². The van der Waals surface area contributed by atoms with Gasteiger partial charge in [0.25, 0.3) is 0 Å². The molecule has 0 aliphatic carbocycles. The maximum Gasteiger partial charge on any atom is 0.336 e. The molecule has 0 aliphatic heterocycles. The molecule has 134 valence electrons. The first-order chi connectivity index (χ1) is 13.1. The summed E-state index contributed by atoms with van der Waals surface area (Å²) in [6.45, 7) is 0. The predicted molar refractivity (Wildman–Crippen MR) is 105 cm³/mol. The summed E-state index contributed by atoms with van der Waals surface area (Å²) in [5, 5.41) is 12.0. The largest absolute Gasteiger partial charge is 0.496 e. The van der Waals surface area contributed by atoms with Crippen LogP contribution in [0.2, 0.25) is 0 Å². The van der Waals surface area contributed by atoms with Crippen LogP contribution in [0.15, 0.2) is 60.7 Å². The van der Waals surface area contributed by atoms with E-state index in [4.69, 9.17) is 14.5 Å². The number of nitrogens with zero attached hydrogens (tertiary/aromatic N) is 1. The number of aromatic carboxylic acids is 1. The summed E-state index contributed by atoms with van der Waals surface area (Å²) in [6.07, 6.45) is 0. The highest BCUT2D eigenvalue weighted by Gasteiger charge is 2.17. The van der Waals surface area contributed by atoms with Crippen LogP contribution in [-0.4, -0.2) is 30.3 Å². The number of carboxylic acids is 1. The van der Waals surface area contributed by atoms with Crippen LogP contribution in [-0.2, 0) is 0 Å². The fraction of sp³-hybridized carbons (Fsp3) is 0.0909. The van der Waals surface area contributed by atoms with Crippen LogP contribution in [0.25, 0.3) is 32.9 Å². The van der Waals surface area contributed by atoms with Crippen LogP contribution in [0, 0.1) is 0 Å². The molecular weight excluding hydrogens is 342 g/mol. The first-order valence-corrected chi connectivity index (χ1v) is 8.41. The lowest BCUT2D eigenvalue weighted by molar-refractivity contribution is 0.0699. The minimum Gasteiger partial charge on any atom is -0.496 e. The Labute approximate surface area is 155 Å². The molecule has 0 saturated heterocycles. The summed E-state index contributed by atoms with van der Waals surface area (Å²) in [6, 6.07) is 18.3. The number of aromatic nitrogens is 1. The SMILES string of the molecule is COc1cccc2c(-c3cc(C(=O)O)c4ccccc4n3)ccc(OC)c12. The topological polar surface area (TPSA) is 68.7 Å². The Morgan fingerprint density at radius 3 is 2.33 bits per heavy atom. The van der Waals surface area contributed by atoms with Gasteiger partial charge in [-0.3, -0.25) is 0 Å². The lowest BCUT2D eigenvalue weighted by Crippen LogP contribution is -2.00. The zero-order chi connectivity index (χ0) is 19.0. The summed E-state index contributed by atoms with van der Waals surface area (Å²) in [5.41, 5.74) is 2.27. The molecule has 0 atom stereocenters. The summed E-state index contributed by atoms with van der Waals surface area (Å²) < 4.78 is 11.0. The van der Waals surface area contributed by atoms with E-state index in [1.807, 2.05) is 48.5 Å². The molecule has 0 spiro atoms. The number of para-hydroxylation sites is 1. The number of ether oxygens (including phenoxy) is 2. The maximum atomic E-state index is 11.8. The number of carbonyl (C=O) groups is 1. The van der Waals surface area contributed by atoms with Crippen LogP contribution < -0.4 is 9.47 Å². The molecule has 0 aliphatic rings. The van der Waals surface area contributed by atoms with Crippen LogP contribution in [0.5, 0.6) is 11.5 Å². The van der Waals surface area contributed by atoms with Crippen molar-refractivity contribution in [3.8, 4) is 22.8 Å². The van der Waals surface area contributed by atoms with Crippen molar-refractivity contribution in [3.05, 3.63) is 66.2 Å². The van der Waals surface area contributed by atoms with Crippen molar-refractivity contribution in [3.63, 3.8) is 0 Å². The standard InChI is InChI=1S/C22H17NO4/c1-26-19-9-5-7-15-14(10-11-20(27-2)21(15)19)18-12-16(22(24)25)13-6-3-4-8-17(13)23-18/h3-12H,1-2H3,(H,24,25). The number of methoxy groups -OCH3 is 2. The number of fused-ring (bicyclic) bond motifs is 2. The minimum absolute atomic E-state index is 0.225. The van der Waals surface area contributed by atoms with Crippen LogP contribution >= 0.6 is 0 Å². The van der Waals surface area contributed by atoms with Gasteiger partial charge >= 0.3 is 5.97 Å². The van der Waals surface area contributed by atoms with Crippen molar-refractivity contribution in [1.29, 1.82) is 0 Å². The smallest absolute Gasteiger partial charge is 0.336 e. The summed E-state index contributed by atoms with van der Waals surface area (Å²) in [7, 11) is 3.22. The van der Waals surface area contributed by atoms with Crippen molar-refractivity contribution in [1.82, 2.24) is 4.98 Å². The molecule has 4 aromatic rings. The van der Waals surface area contributed by atoms with E-state index in [-0.39, 0.29) is 5.56 Å². The molecule has 1 heterocycles. The van der Waals surface area contributed by atoms with Gasteiger partial charge in [0.2, 0.25) is 0 Å². The second-order valence-electron chi connectivity index (χ2n) is 6.08. The quantitative estimate of drug-likeness (QED) is 0.568. The molecule has 5 nitrogen and oxygen atoms in total. The molecule has 0 saturated carbocycles. The summed E-state index contributed by atoms with van der Waals surface area (Å²) >= 11 is 0. The number of carboxylic acid groups (broad SMARTS) is 1. The van der Waals surface area contributed by atoms with Crippen LogP contribution in [0.4, 0.5) is 0 Å². The van der Waals surface area contributed by atoms with Gasteiger partial charge < -0.3 is 14.6 Å². The van der Waals surface area contributed by atoms with E-state index >= 15 is 0 Å². The molecular formula is C22H17NO4. The van der Waals surface area contributed by atoms with Crippen molar-refractivity contribution < 1.29 is 19.4 Å². The Balaban J connectivity index is 2.08. The van der Waals surface area contributed by atoms with E-state index in [0.29, 0.717) is 28.1 Å². The van der Waals surface area contributed by atoms with Crippen molar-refractivity contribution in [2.24, 2.45) is 0 Å². The van der Waals surface area contributed by atoms with Crippen LogP contribution in [0.3, 0.4) is 0 Å². The molecule has 27 heavy (non-hydrogen) atoms. The average Bonchev–Trinajstić information content (AvgIpc) is 2.71. The molecule has 0 bridgehead atoms. The second-order valence-corrected chi connectivity index (χ2v) is 6.08. The highest BCUT2D eigenvalue weighted by Crippen LogP contribution is 2.39. The third kappa shape index (κ3) is 2.73. The van der Waals surface area contributed by atoms with Crippen molar-refractivity contribution >= 4 is 27.6 Å². The zero-order valence-corrected chi connectivity index (χ0v) is 14.9. The fourth-order valence-electron chi connectivity index (χ4n) is 3.40. The van der Waals surface area contributed by atoms with Gasteiger partial charge in [-0.15, -0.1) is 0 Å². The Morgan fingerprint density at radius 2 is 1.59 bits per heavy atom. The number of pyridine rings is 1. The molecule has 4 rings (SSSR count). The van der Waals surface area contributed by atoms with E-state index in [1.54, 1.807) is 26.4 Å². The molecule has 0 radical (unpaired) electrons. The van der Waals surface area contributed by atoms with Gasteiger partial charge in [-0.05, 0) is 35.7 Å². The Bertz CT molecular complexity index is 1170. The van der Waals surface area contributed by atoms with Gasteiger partial charge in [-0.2, -0.15) is 0 Å². The zero-order valence-electron chi connectivity index (χ0n) is 14.9. The van der Waals surface area contributed by atoms with Gasteiger partial charge in [-0.25, -0.2) is 9.78 Å². The highest BCUT2D eigenvalue weighted by molar-refractivity contribution is 6.07. The molecule has 0 amide bonds. The third-order valence-corrected chi connectivity index (χ3v) is 4.63. The van der Waals surface area contributed by atoms with E-state index in [0.717, 1.165) is 16.3 Å². The molecule has 0 unspecified atom stereocenters. The minimum atomic E-state index is -0.981. The predicted octanol–water partition coefficient (Wildman–Crippen LogP) is 4.77. The molecule has 1 N–H and O–H groups in total. The van der Waals surface area contributed by atoms with Gasteiger partial charge in [0.1, 0.15) is 11.5 Å². The monoisotopic (exact) mass is 359 g/mol. The van der Waals surface area contributed by atoms with Crippen molar-refractivity contribution in [2.75, 3.05) is 14.2 Å². The van der Waals surface area contributed by atoms with E-state index in [1.165, 1.54) is 0 Å². The second kappa shape index (κ2) is 6.61. The maximum absolute atomic E-state index is 11.8. The summed E-state index contributed by atoms with van der Waals surface area (Å²) in [4.78, 5) is 16.5. The third-order valence-electron chi connectivity index (χ3n) is 4.63. The van der Waals surface area contributed by atoms with E-state index in [9.17, 15) is 9.90 Å². The number of rotatable bonds is 4. The number of hydrogen-bond acceptors (Lipinski definition) is 4. The Hall–Kier alpha value is -3.60. The van der Waals surface area contributed by atoms with Gasteiger partial charge in [0.15, 0.2) is 0 Å². The lowest BCUT2D eigenvalue weighted by atomic mass is 9.98. The fourth-order valence-corrected chi connectivity index (χ4v) is 3.40. The van der Waals surface area contributed by atoms with E-state index in [2.05, 4.69) is 0 Å². The first kappa shape index (κ1) is 16.8. The Morgan fingerprint density at radius 1 is 0.889 bits per heavy atom. The van der Waals surface area contributed by atoms with Crippen molar-refractivity contribution in [2.45, 2.75) is 0 Å². The molecule has 3 aromatic carbocycles.